The highest BCUT2D eigenvalue weighted by atomic mass is 79.9. The molecule has 4 rings (SSSR count). The second-order valence-corrected chi connectivity index (χ2v) is 6.07. The molecular weight excluding hydrogens is 324 g/mol. The van der Waals surface area contributed by atoms with Gasteiger partial charge >= 0.3 is 0 Å². The smallest absolute Gasteiger partial charge is 0.149 e. The highest BCUT2D eigenvalue weighted by Gasteiger charge is 2.14. The number of benzene rings is 3. The predicted molar refractivity (Wildman–Crippen MR) is 91.6 cm³/mol. The lowest BCUT2D eigenvalue weighted by atomic mass is 9.98. The van der Waals surface area contributed by atoms with Gasteiger partial charge in [-0.1, -0.05) is 54.6 Å². The molecule has 0 bridgehead atoms. The Bertz CT molecular complexity index is 966. The second kappa shape index (κ2) is 4.74. The number of para-hydroxylation sites is 2. The maximum atomic E-state index is 6.18. The fraction of sp³-hybridized carbons (Fsp3) is 0.0526. The molecule has 1 nitrogen and oxygen atoms in total. The van der Waals surface area contributed by atoms with Gasteiger partial charge in [0.15, 0.2) is 0 Å². The topological polar surface area (TPSA) is 13.1 Å². The van der Waals surface area contributed by atoms with Gasteiger partial charge in [-0.2, -0.15) is 0 Å². The molecule has 1 heterocycles. The zero-order valence-corrected chi connectivity index (χ0v) is 13.1. The SMILES string of the molecule is Cc1ccccc1-c1cccc2c1oc1c(Br)cccc12. The Labute approximate surface area is 131 Å². The van der Waals surface area contributed by atoms with E-state index in [0.29, 0.717) is 0 Å². The highest BCUT2D eigenvalue weighted by Crippen LogP contribution is 2.38. The van der Waals surface area contributed by atoms with Crippen LogP contribution in [0.15, 0.2) is 69.6 Å². The Morgan fingerprint density at radius 3 is 2.19 bits per heavy atom. The molecule has 0 spiro atoms. The Morgan fingerprint density at radius 1 is 0.714 bits per heavy atom. The van der Waals surface area contributed by atoms with Crippen LogP contribution in [-0.2, 0) is 0 Å². The van der Waals surface area contributed by atoms with E-state index < -0.39 is 0 Å². The van der Waals surface area contributed by atoms with Gasteiger partial charge in [0.25, 0.3) is 0 Å². The normalized spacial score (nSPS) is 11.3. The number of hydrogen-bond acceptors (Lipinski definition) is 1. The summed E-state index contributed by atoms with van der Waals surface area (Å²) >= 11 is 3.58. The summed E-state index contributed by atoms with van der Waals surface area (Å²) in [4.78, 5) is 0. The number of rotatable bonds is 1. The van der Waals surface area contributed by atoms with Crippen molar-refractivity contribution in [2.75, 3.05) is 0 Å². The van der Waals surface area contributed by atoms with Crippen LogP contribution in [0.3, 0.4) is 0 Å². The first-order valence-corrected chi connectivity index (χ1v) is 7.71. The van der Waals surface area contributed by atoms with E-state index in [4.69, 9.17) is 4.42 Å². The Kier molecular flexibility index (Phi) is 2.86. The summed E-state index contributed by atoms with van der Waals surface area (Å²) in [5.41, 5.74) is 5.48. The molecule has 0 saturated carbocycles. The molecule has 0 aliphatic rings. The first-order valence-electron chi connectivity index (χ1n) is 6.91. The molecule has 2 heteroatoms. The first kappa shape index (κ1) is 12.7. The lowest BCUT2D eigenvalue weighted by molar-refractivity contribution is 0.668. The monoisotopic (exact) mass is 336 g/mol. The highest BCUT2D eigenvalue weighted by molar-refractivity contribution is 9.10. The summed E-state index contributed by atoms with van der Waals surface area (Å²) in [6.07, 6.45) is 0. The van der Waals surface area contributed by atoms with Gasteiger partial charge in [0.2, 0.25) is 0 Å². The minimum Gasteiger partial charge on any atom is -0.454 e. The van der Waals surface area contributed by atoms with E-state index in [1.54, 1.807) is 0 Å². The van der Waals surface area contributed by atoms with E-state index in [1.165, 1.54) is 11.1 Å². The van der Waals surface area contributed by atoms with Crippen LogP contribution in [0.4, 0.5) is 0 Å². The van der Waals surface area contributed by atoms with Gasteiger partial charge in [-0.3, -0.25) is 0 Å². The molecular formula is C19H13BrO. The van der Waals surface area contributed by atoms with E-state index >= 15 is 0 Å². The summed E-state index contributed by atoms with van der Waals surface area (Å²) in [5.74, 6) is 0. The third-order valence-electron chi connectivity index (χ3n) is 3.91. The van der Waals surface area contributed by atoms with Crippen molar-refractivity contribution in [1.82, 2.24) is 0 Å². The zero-order valence-electron chi connectivity index (χ0n) is 11.6. The van der Waals surface area contributed by atoms with Gasteiger partial charge < -0.3 is 4.42 Å². The number of furan rings is 1. The molecule has 3 aromatic carbocycles. The Hall–Kier alpha value is -2.06. The summed E-state index contributed by atoms with van der Waals surface area (Å²) in [6, 6.07) is 20.9. The molecule has 0 saturated heterocycles. The van der Waals surface area contributed by atoms with Crippen LogP contribution in [0, 0.1) is 6.92 Å². The molecule has 1 aromatic heterocycles. The van der Waals surface area contributed by atoms with E-state index in [2.05, 4.69) is 71.4 Å². The number of hydrogen-bond donors (Lipinski definition) is 0. The van der Waals surface area contributed by atoms with Crippen molar-refractivity contribution in [3.8, 4) is 11.1 Å². The van der Waals surface area contributed by atoms with Crippen LogP contribution in [-0.4, -0.2) is 0 Å². The van der Waals surface area contributed by atoms with Gasteiger partial charge in [-0.15, -0.1) is 0 Å². The van der Waals surface area contributed by atoms with Crippen molar-refractivity contribution < 1.29 is 4.42 Å². The van der Waals surface area contributed by atoms with Gasteiger partial charge in [0.05, 0.1) is 4.47 Å². The van der Waals surface area contributed by atoms with Crippen LogP contribution in [0.25, 0.3) is 33.1 Å². The van der Waals surface area contributed by atoms with Crippen LogP contribution in [0.5, 0.6) is 0 Å². The lowest BCUT2D eigenvalue weighted by Gasteiger charge is -2.06. The number of aryl methyl sites for hydroxylation is 1. The van der Waals surface area contributed by atoms with Gasteiger partial charge in [-0.05, 0) is 40.0 Å². The number of halogens is 1. The van der Waals surface area contributed by atoms with E-state index in [9.17, 15) is 0 Å². The average molecular weight is 337 g/mol. The maximum Gasteiger partial charge on any atom is 0.149 e. The second-order valence-electron chi connectivity index (χ2n) is 5.22. The maximum absolute atomic E-state index is 6.18. The molecule has 21 heavy (non-hydrogen) atoms. The van der Waals surface area contributed by atoms with Crippen LogP contribution in [0.2, 0.25) is 0 Å². The van der Waals surface area contributed by atoms with E-state index in [0.717, 1.165) is 32.0 Å². The van der Waals surface area contributed by atoms with Crippen molar-refractivity contribution in [1.29, 1.82) is 0 Å². The minimum atomic E-state index is 0.911. The van der Waals surface area contributed by atoms with Gasteiger partial charge in [0.1, 0.15) is 11.2 Å². The van der Waals surface area contributed by atoms with Crippen LogP contribution >= 0.6 is 15.9 Å². The third-order valence-corrected chi connectivity index (χ3v) is 4.54. The fourth-order valence-electron chi connectivity index (χ4n) is 2.87. The molecule has 0 radical (unpaired) electrons. The molecule has 0 fully saturated rings. The summed E-state index contributed by atoms with van der Waals surface area (Å²) in [7, 11) is 0. The van der Waals surface area contributed by atoms with Crippen LogP contribution < -0.4 is 0 Å². The van der Waals surface area contributed by atoms with Crippen molar-refractivity contribution >= 4 is 37.9 Å². The molecule has 0 unspecified atom stereocenters. The molecule has 4 aromatic rings. The van der Waals surface area contributed by atoms with Crippen LogP contribution in [0.1, 0.15) is 5.56 Å². The Balaban J connectivity index is 2.14. The van der Waals surface area contributed by atoms with Gasteiger partial charge in [-0.25, -0.2) is 0 Å². The molecule has 0 aliphatic heterocycles. The third kappa shape index (κ3) is 1.90. The van der Waals surface area contributed by atoms with Crippen molar-refractivity contribution in [3.63, 3.8) is 0 Å². The van der Waals surface area contributed by atoms with Crippen molar-refractivity contribution in [2.45, 2.75) is 6.92 Å². The quantitative estimate of drug-likeness (QED) is 0.396. The van der Waals surface area contributed by atoms with E-state index in [1.807, 2.05) is 12.1 Å². The average Bonchev–Trinajstić information content (AvgIpc) is 2.88. The molecule has 102 valence electrons. The minimum absolute atomic E-state index is 0.911. The Morgan fingerprint density at radius 2 is 1.38 bits per heavy atom. The summed E-state index contributed by atoms with van der Waals surface area (Å²) in [6.45, 7) is 2.13. The van der Waals surface area contributed by atoms with Crippen molar-refractivity contribution in [2.24, 2.45) is 0 Å². The van der Waals surface area contributed by atoms with E-state index in [-0.39, 0.29) is 0 Å². The largest absolute Gasteiger partial charge is 0.454 e. The lowest BCUT2D eigenvalue weighted by Crippen LogP contribution is -1.82. The molecule has 0 aliphatic carbocycles. The number of fused-ring (bicyclic) bond motifs is 3. The molecule has 0 atom stereocenters. The molecule has 0 amide bonds. The van der Waals surface area contributed by atoms with Crippen molar-refractivity contribution in [3.05, 3.63) is 70.7 Å². The zero-order chi connectivity index (χ0) is 14.4. The first-order chi connectivity index (χ1) is 10.3. The summed E-state index contributed by atoms with van der Waals surface area (Å²) in [5, 5.41) is 2.31. The molecule has 0 N–H and O–H groups in total. The fourth-order valence-corrected chi connectivity index (χ4v) is 3.32. The standard InChI is InChI=1S/C19H13BrO/c1-12-6-2-3-7-13(12)14-8-4-9-15-16-10-5-11-17(20)19(16)21-18(14)15/h2-11H,1H3. The predicted octanol–water partition coefficient (Wildman–Crippen LogP) is 6.32. The van der Waals surface area contributed by atoms with Gasteiger partial charge in [0, 0.05) is 16.3 Å². The summed E-state index contributed by atoms with van der Waals surface area (Å²) < 4.78 is 7.17.